The molecule has 0 spiro atoms. The normalized spacial score (nSPS) is 16.6. The highest BCUT2D eigenvalue weighted by Crippen LogP contribution is 2.27. The molecule has 6 nitrogen and oxygen atoms in total. The topological polar surface area (TPSA) is 73.4 Å². The lowest BCUT2D eigenvalue weighted by atomic mass is 10.1. The average molecular weight is 330 g/mol. The lowest BCUT2D eigenvalue weighted by molar-refractivity contribution is 0.0185. The van der Waals surface area contributed by atoms with E-state index in [2.05, 4.69) is 6.20 Å². The van der Waals surface area contributed by atoms with Crippen LogP contribution in [0.25, 0.3) is 10.9 Å². The highest BCUT2D eigenvalue weighted by atomic mass is 16.6. The smallest absolute Gasteiger partial charge is 0.410 e. The second kappa shape index (κ2) is 6.00. The van der Waals surface area contributed by atoms with E-state index in [1.165, 1.54) is 0 Å². The van der Waals surface area contributed by atoms with E-state index in [1.54, 1.807) is 4.90 Å². The summed E-state index contributed by atoms with van der Waals surface area (Å²) in [6.07, 6.45) is 3.58. The van der Waals surface area contributed by atoms with Crippen LogP contribution in [0.2, 0.25) is 0 Å². The Hall–Kier alpha value is -2.24. The number of aryl methyl sites for hydroxylation is 1. The molecule has 1 saturated heterocycles. The maximum atomic E-state index is 12.1. The maximum absolute atomic E-state index is 12.1. The minimum atomic E-state index is -0.453. The zero-order valence-corrected chi connectivity index (χ0v) is 14.9. The molecule has 1 aliphatic rings. The number of hydrogen-bond donors (Lipinski definition) is 1. The van der Waals surface area contributed by atoms with Gasteiger partial charge < -0.3 is 15.4 Å². The molecule has 130 valence electrons. The molecule has 2 aromatic rings. The van der Waals surface area contributed by atoms with E-state index in [1.807, 2.05) is 44.5 Å². The van der Waals surface area contributed by atoms with Crippen molar-refractivity contribution in [2.24, 2.45) is 0 Å². The monoisotopic (exact) mass is 330 g/mol. The Kier molecular flexibility index (Phi) is 4.15. The van der Waals surface area contributed by atoms with Crippen molar-refractivity contribution in [3.05, 3.63) is 23.9 Å². The van der Waals surface area contributed by atoms with Gasteiger partial charge in [0.2, 0.25) is 0 Å². The molecule has 0 atom stereocenters. The first-order valence-corrected chi connectivity index (χ1v) is 8.46. The Morgan fingerprint density at radius 2 is 1.96 bits per heavy atom. The van der Waals surface area contributed by atoms with Gasteiger partial charge >= 0.3 is 6.09 Å². The van der Waals surface area contributed by atoms with Crippen LogP contribution < -0.4 is 5.73 Å². The molecule has 0 aliphatic carbocycles. The number of aromatic nitrogens is 2. The van der Waals surface area contributed by atoms with Gasteiger partial charge in [0.15, 0.2) is 0 Å². The number of anilines is 1. The molecule has 0 saturated carbocycles. The number of likely N-dealkylation sites (tertiary alicyclic amines) is 1. The minimum Gasteiger partial charge on any atom is -0.444 e. The van der Waals surface area contributed by atoms with Crippen molar-refractivity contribution in [2.75, 3.05) is 18.8 Å². The summed E-state index contributed by atoms with van der Waals surface area (Å²) in [5, 5.41) is 5.76. The summed E-state index contributed by atoms with van der Waals surface area (Å²) in [5.41, 5.74) is 8.34. The summed E-state index contributed by atoms with van der Waals surface area (Å²) in [5.74, 6) is 0. The van der Waals surface area contributed by atoms with Crippen molar-refractivity contribution in [3.8, 4) is 0 Å². The van der Waals surface area contributed by atoms with E-state index in [9.17, 15) is 4.79 Å². The number of benzene rings is 1. The third kappa shape index (κ3) is 3.47. The number of carbonyl (C=O) groups excluding carboxylic acids is 1. The molecule has 6 heteroatoms. The van der Waals surface area contributed by atoms with E-state index >= 15 is 0 Å². The van der Waals surface area contributed by atoms with Crippen LogP contribution >= 0.6 is 0 Å². The van der Waals surface area contributed by atoms with Gasteiger partial charge in [0.05, 0.1) is 11.6 Å². The van der Waals surface area contributed by atoms with Crippen LogP contribution in [0.4, 0.5) is 10.5 Å². The van der Waals surface area contributed by atoms with Crippen LogP contribution in [0.1, 0.15) is 45.2 Å². The molecule has 1 aromatic heterocycles. The number of nitrogens with zero attached hydrogens (tertiary/aromatic N) is 3. The number of piperidine rings is 1. The zero-order chi connectivity index (χ0) is 17.5. The molecule has 0 bridgehead atoms. The maximum Gasteiger partial charge on any atom is 0.410 e. The van der Waals surface area contributed by atoms with E-state index in [-0.39, 0.29) is 6.09 Å². The molecular weight excluding hydrogens is 304 g/mol. The fraction of sp³-hybridized carbons (Fsp3) is 0.556. The first-order valence-electron chi connectivity index (χ1n) is 8.46. The molecule has 24 heavy (non-hydrogen) atoms. The summed E-state index contributed by atoms with van der Waals surface area (Å²) in [6.45, 7) is 9.04. The highest BCUT2D eigenvalue weighted by molar-refractivity contribution is 5.83. The summed E-state index contributed by atoms with van der Waals surface area (Å²) in [4.78, 5) is 13.9. The van der Waals surface area contributed by atoms with E-state index in [0.717, 1.165) is 35.0 Å². The minimum absolute atomic E-state index is 0.227. The lowest BCUT2D eigenvalue weighted by Crippen LogP contribution is -2.42. The first kappa shape index (κ1) is 16.6. The van der Waals surface area contributed by atoms with Gasteiger partial charge in [0.25, 0.3) is 0 Å². The van der Waals surface area contributed by atoms with Crippen LogP contribution in [-0.4, -0.2) is 39.5 Å². The number of nitrogens with two attached hydrogens (primary N) is 1. The van der Waals surface area contributed by atoms with E-state index in [0.29, 0.717) is 19.1 Å². The predicted molar refractivity (Wildman–Crippen MR) is 95.0 cm³/mol. The van der Waals surface area contributed by atoms with Crippen molar-refractivity contribution >= 4 is 22.7 Å². The fourth-order valence-electron chi connectivity index (χ4n) is 3.04. The number of fused-ring (bicyclic) bond motifs is 1. The van der Waals surface area contributed by atoms with Gasteiger partial charge in [0.1, 0.15) is 5.60 Å². The second-order valence-electron chi connectivity index (χ2n) is 7.58. The Morgan fingerprint density at radius 3 is 2.58 bits per heavy atom. The van der Waals surface area contributed by atoms with Gasteiger partial charge in [0, 0.05) is 30.4 Å². The van der Waals surface area contributed by atoms with Crippen molar-refractivity contribution in [1.82, 2.24) is 14.7 Å². The molecule has 0 radical (unpaired) electrons. The van der Waals surface area contributed by atoms with Crippen molar-refractivity contribution < 1.29 is 9.53 Å². The number of amides is 1. The van der Waals surface area contributed by atoms with Gasteiger partial charge in [-0.1, -0.05) is 0 Å². The van der Waals surface area contributed by atoms with Crippen LogP contribution in [0, 0.1) is 6.92 Å². The molecular formula is C18H26N4O2. The van der Waals surface area contributed by atoms with Crippen LogP contribution in [0.15, 0.2) is 18.3 Å². The largest absolute Gasteiger partial charge is 0.444 e. The first-order chi connectivity index (χ1) is 11.2. The quantitative estimate of drug-likeness (QED) is 0.812. The van der Waals surface area contributed by atoms with Crippen LogP contribution in [-0.2, 0) is 4.74 Å². The number of rotatable bonds is 1. The molecule has 1 amide bonds. The van der Waals surface area contributed by atoms with Gasteiger partial charge in [-0.2, -0.15) is 5.10 Å². The second-order valence-corrected chi connectivity index (χ2v) is 7.58. The summed E-state index contributed by atoms with van der Waals surface area (Å²) in [7, 11) is 0. The van der Waals surface area contributed by atoms with Gasteiger partial charge in [-0.05, 0) is 58.2 Å². The summed E-state index contributed by atoms with van der Waals surface area (Å²) in [6, 6.07) is 4.30. The molecule has 0 unspecified atom stereocenters. The fourth-order valence-corrected chi connectivity index (χ4v) is 3.04. The lowest BCUT2D eigenvalue weighted by Gasteiger charge is -2.33. The number of carbonyl (C=O) groups is 1. The SMILES string of the molecule is Cc1cc2nn(C3CCN(C(=O)OC(C)(C)C)CC3)cc2cc1N. The third-order valence-corrected chi connectivity index (χ3v) is 4.40. The summed E-state index contributed by atoms with van der Waals surface area (Å²) < 4.78 is 7.47. The van der Waals surface area contributed by atoms with Crippen molar-refractivity contribution in [3.63, 3.8) is 0 Å². The van der Waals surface area contributed by atoms with Gasteiger partial charge in [-0.3, -0.25) is 4.68 Å². The van der Waals surface area contributed by atoms with Gasteiger partial charge in [-0.25, -0.2) is 4.79 Å². The Balaban J connectivity index is 1.67. The van der Waals surface area contributed by atoms with E-state index < -0.39 is 5.60 Å². The molecule has 2 N–H and O–H groups in total. The molecule has 1 fully saturated rings. The standard InChI is InChI=1S/C18H26N4O2/c1-12-9-16-13(10-15(12)19)11-22(20-16)14-5-7-21(8-6-14)17(23)24-18(2,3)4/h9-11,14H,5-8,19H2,1-4H3. The summed E-state index contributed by atoms with van der Waals surface area (Å²) >= 11 is 0. The third-order valence-electron chi connectivity index (χ3n) is 4.40. The number of ether oxygens (including phenoxy) is 1. The highest BCUT2D eigenvalue weighted by Gasteiger charge is 2.27. The predicted octanol–water partition coefficient (Wildman–Crippen LogP) is 3.50. The molecule has 2 heterocycles. The Morgan fingerprint density at radius 1 is 1.29 bits per heavy atom. The number of nitrogen functional groups attached to an aromatic ring is 1. The van der Waals surface area contributed by atoms with Crippen molar-refractivity contribution in [2.45, 2.75) is 52.2 Å². The zero-order valence-electron chi connectivity index (χ0n) is 14.9. The van der Waals surface area contributed by atoms with Gasteiger partial charge in [-0.15, -0.1) is 0 Å². The number of hydrogen-bond acceptors (Lipinski definition) is 4. The van der Waals surface area contributed by atoms with E-state index in [4.69, 9.17) is 15.6 Å². The van der Waals surface area contributed by atoms with Crippen LogP contribution in [0.3, 0.4) is 0 Å². The van der Waals surface area contributed by atoms with Crippen molar-refractivity contribution in [1.29, 1.82) is 0 Å². The Labute approximate surface area is 142 Å². The molecule has 1 aliphatic heterocycles. The molecule has 3 rings (SSSR count). The van der Waals surface area contributed by atoms with Crippen LogP contribution in [0.5, 0.6) is 0 Å². The average Bonchev–Trinajstić information content (AvgIpc) is 2.89. The Bertz CT molecular complexity index is 713. The molecule has 1 aromatic carbocycles.